The van der Waals surface area contributed by atoms with Crippen molar-refractivity contribution in [1.29, 1.82) is 0 Å². The zero-order valence-electron chi connectivity index (χ0n) is 11.7. The van der Waals surface area contributed by atoms with Gasteiger partial charge >= 0.3 is 0 Å². The van der Waals surface area contributed by atoms with Gasteiger partial charge in [-0.2, -0.15) is 0 Å². The molecule has 1 N–H and O–H groups in total. The summed E-state index contributed by atoms with van der Waals surface area (Å²) in [6.45, 7) is 2.08. The van der Waals surface area contributed by atoms with Crippen LogP contribution in [0.2, 0.25) is 5.02 Å². The van der Waals surface area contributed by atoms with Gasteiger partial charge in [-0.1, -0.05) is 57.9 Å². The molecule has 0 aliphatic rings. The lowest BCUT2D eigenvalue weighted by molar-refractivity contribution is 1.31. The van der Waals surface area contributed by atoms with Gasteiger partial charge in [-0.3, -0.25) is 0 Å². The summed E-state index contributed by atoms with van der Waals surface area (Å²) in [5.41, 5.74) is 5.03. The maximum Gasteiger partial charge on any atom is 0.0917 e. The molecule has 2 aromatic carbocycles. The number of hydrogen-bond acceptors (Lipinski definition) is 2. The molecule has 3 rings (SSSR count). The largest absolute Gasteiger partial charge is 0.387 e. The van der Waals surface area contributed by atoms with Crippen LogP contribution in [0.25, 0.3) is 22.2 Å². The first-order valence-electron chi connectivity index (χ1n) is 6.64. The first-order valence-corrected chi connectivity index (χ1v) is 7.81. The fraction of sp³-hybridized carbons (Fsp3) is 0.118. The molecular weight excluding hydrogens is 348 g/mol. The van der Waals surface area contributed by atoms with Crippen molar-refractivity contribution in [3.05, 3.63) is 57.5 Å². The van der Waals surface area contributed by atoms with Gasteiger partial charge in [0.05, 0.1) is 16.2 Å². The minimum absolute atomic E-state index is 0.646. The third kappa shape index (κ3) is 2.52. The molecule has 1 heterocycles. The van der Waals surface area contributed by atoms with E-state index in [1.165, 1.54) is 0 Å². The highest BCUT2D eigenvalue weighted by Gasteiger charge is 2.14. The topological polar surface area (TPSA) is 24.9 Å². The maximum atomic E-state index is 6.38. The van der Waals surface area contributed by atoms with Crippen LogP contribution in [0.3, 0.4) is 0 Å². The maximum absolute atomic E-state index is 6.38. The van der Waals surface area contributed by atoms with Gasteiger partial charge in [0.1, 0.15) is 0 Å². The Hall–Kier alpha value is -1.58. The zero-order valence-corrected chi connectivity index (χ0v) is 14.1. The van der Waals surface area contributed by atoms with E-state index in [1.807, 2.05) is 37.4 Å². The smallest absolute Gasteiger partial charge is 0.0917 e. The molecule has 0 bridgehead atoms. The van der Waals surface area contributed by atoms with E-state index in [-0.39, 0.29) is 0 Å². The van der Waals surface area contributed by atoms with E-state index in [4.69, 9.17) is 16.6 Å². The Balaban J connectivity index is 2.41. The normalized spacial score (nSPS) is 10.9. The Morgan fingerprint density at radius 1 is 1.14 bits per heavy atom. The lowest BCUT2D eigenvalue weighted by Gasteiger charge is -2.15. The molecule has 0 amide bonds. The van der Waals surface area contributed by atoms with Crippen LogP contribution in [-0.4, -0.2) is 12.0 Å². The van der Waals surface area contributed by atoms with E-state index in [2.05, 4.69) is 40.3 Å². The Labute approximate surface area is 137 Å². The van der Waals surface area contributed by atoms with E-state index in [9.17, 15) is 0 Å². The van der Waals surface area contributed by atoms with Gasteiger partial charge in [-0.05, 0) is 24.6 Å². The summed E-state index contributed by atoms with van der Waals surface area (Å²) in [5, 5.41) is 4.95. The minimum atomic E-state index is 0.646. The van der Waals surface area contributed by atoms with Crippen LogP contribution in [-0.2, 0) is 0 Å². The third-order valence-electron chi connectivity index (χ3n) is 3.55. The zero-order chi connectivity index (χ0) is 15.0. The number of halogens is 2. The van der Waals surface area contributed by atoms with Crippen LogP contribution >= 0.6 is 27.5 Å². The predicted molar refractivity (Wildman–Crippen MR) is 94.2 cm³/mol. The molecule has 0 saturated heterocycles. The minimum Gasteiger partial charge on any atom is -0.387 e. The fourth-order valence-electron chi connectivity index (χ4n) is 2.59. The summed E-state index contributed by atoms with van der Waals surface area (Å²) in [5.74, 6) is 0. The summed E-state index contributed by atoms with van der Waals surface area (Å²) in [4.78, 5) is 4.80. The molecule has 0 radical (unpaired) electrons. The van der Waals surface area contributed by atoms with Crippen molar-refractivity contribution in [3.8, 4) is 11.3 Å². The van der Waals surface area contributed by atoms with Crippen molar-refractivity contribution in [2.45, 2.75) is 6.92 Å². The van der Waals surface area contributed by atoms with E-state index < -0.39 is 0 Å². The number of anilines is 1. The first-order chi connectivity index (χ1) is 10.1. The molecule has 1 aromatic heterocycles. The standard InChI is InChI=1S/C17H14BrClN2/c1-10-15(11-6-4-3-5-7-11)21-17-13(16(10)20-2)8-12(18)9-14(17)19/h3-9H,1-2H3,(H,20,21). The van der Waals surface area contributed by atoms with Crippen LogP contribution in [0, 0.1) is 6.92 Å². The molecular formula is C17H14BrClN2. The van der Waals surface area contributed by atoms with E-state index in [1.54, 1.807) is 0 Å². The van der Waals surface area contributed by atoms with Crippen molar-refractivity contribution in [2.75, 3.05) is 12.4 Å². The van der Waals surface area contributed by atoms with Crippen molar-refractivity contribution in [3.63, 3.8) is 0 Å². The average Bonchev–Trinajstić information content (AvgIpc) is 2.47. The van der Waals surface area contributed by atoms with E-state index in [0.717, 1.165) is 37.9 Å². The Bertz CT molecular complexity index is 816. The van der Waals surface area contributed by atoms with Crippen LogP contribution in [0.4, 0.5) is 5.69 Å². The summed E-state index contributed by atoms with van der Waals surface area (Å²) < 4.78 is 0.949. The van der Waals surface area contributed by atoms with Gasteiger partial charge in [0.15, 0.2) is 0 Å². The average molecular weight is 362 g/mol. The first kappa shape index (κ1) is 14.4. The number of rotatable bonds is 2. The van der Waals surface area contributed by atoms with Crippen molar-refractivity contribution >= 4 is 44.1 Å². The van der Waals surface area contributed by atoms with Crippen molar-refractivity contribution in [2.24, 2.45) is 0 Å². The molecule has 0 unspecified atom stereocenters. The number of fused-ring (bicyclic) bond motifs is 1. The summed E-state index contributed by atoms with van der Waals surface area (Å²) in [7, 11) is 1.92. The van der Waals surface area contributed by atoms with E-state index >= 15 is 0 Å². The molecule has 4 heteroatoms. The van der Waals surface area contributed by atoms with Gasteiger partial charge in [0, 0.05) is 28.2 Å². The molecule has 0 saturated carbocycles. The van der Waals surface area contributed by atoms with Crippen LogP contribution in [0.15, 0.2) is 46.9 Å². The van der Waals surface area contributed by atoms with Crippen molar-refractivity contribution in [1.82, 2.24) is 4.98 Å². The van der Waals surface area contributed by atoms with Gasteiger partial charge in [-0.25, -0.2) is 4.98 Å². The number of benzene rings is 2. The Kier molecular flexibility index (Phi) is 3.87. The Morgan fingerprint density at radius 3 is 2.52 bits per heavy atom. The highest BCUT2D eigenvalue weighted by Crippen LogP contribution is 2.37. The number of hydrogen-bond donors (Lipinski definition) is 1. The number of pyridine rings is 1. The number of nitrogens with one attached hydrogen (secondary N) is 1. The summed E-state index contributed by atoms with van der Waals surface area (Å²) in [6, 6.07) is 14.1. The molecule has 0 aliphatic carbocycles. The molecule has 3 aromatic rings. The number of nitrogens with zero attached hydrogens (tertiary/aromatic N) is 1. The highest BCUT2D eigenvalue weighted by molar-refractivity contribution is 9.10. The molecule has 0 aliphatic heterocycles. The summed E-state index contributed by atoms with van der Waals surface area (Å²) in [6.07, 6.45) is 0. The highest BCUT2D eigenvalue weighted by atomic mass is 79.9. The summed E-state index contributed by atoms with van der Waals surface area (Å²) >= 11 is 9.88. The van der Waals surface area contributed by atoms with Gasteiger partial charge in [0.25, 0.3) is 0 Å². The van der Waals surface area contributed by atoms with Crippen molar-refractivity contribution < 1.29 is 0 Å². The van der Waals surface area contributed by atoms with Crippen LogP contribution < -0.4 is 5.32 Å². The van der Waals surface area contributed by atoms with Crippen LogP contribution in [0.1, 0.15) is 5.56 Å². The van der Waals surface area contributed by atoms with Gasteiger partial charge in [-0.15, -0.1) is 0 Å². The lowest BCUT2D eigenvalue weighted by Crippen LogP contribution is -1.99. The fourth-order valence-corrected chi connectivity index (χ4v) is 3.44. The molecule has 106 valence electrons. The molecule has 2 nitrogen and oxygen atoms in total. The second-order valence-corrected chi connectivity index (χ2v) is 6.18. The Morgan fingerprint density at radius 2 is 1.86 bits per heavy atom. The van der Waals surface area contributed by atoms with Crippen LogP contribution in [0.5, 0.6) is 0 Å². The van der Waals surface area contributed by atoms with Gasteiger partial charge in [0.2, 0.25) is 0 Å². The monoisotopic (exact) mass is 360 g/mol. The van der Waals surface area contributed by atoms with E-state index in [0.29, 0.717) is 5.02 Å². The molecule has 0 fully saturated rings. The second kappa shape index (κ2) is 5.66. The predicted octanol–water partition coefficient (Wildman–Crippen LogP) is 5.67. The molecule has 21 heavy (non-hydrogen) atoms. The SMILES string of the molecule is CNc1c(C)c(-c2ccccc2)nc2c(Cl)cc(Br)cc12. The molecule has 0 atom stereocenters. The lowest BCUT2D eigenvalue weighted by atomic mass is 10.0. The third-order valence-corrected chi connectivity index (χ3v) is 4.29. The quantitative estimate of drug-likeness (QED) is 0.636. The second-order valence-electron chi connectivity index (χ2n) is 4.86. The van der Waals surface area contributed by atoms with Gasteiger partial charge < -0.3 is 5.32 Å². The number of aromatic nitrogens is 1. The molecule has 0 spiro atoms.